The summed E-state index contributed by atoms with van der Waals surface area (Å²) in [6, 6.07) is 8.28. The number of phenols is 4. The largest absolute Gasteiger partial charge is 0.504 e. The van der Waals surface area contributed by atoms with Crippen LogP contribution in [0.25, 0.3) is 0 Å². The normalized spacial score (nSPS) is 32.2. The third-order valence-electron chi connectivity index (χ3n) is 7.14. The van der Waals surface area contributed by atoms with Gasteiger partial charge in [-0.05, 0) is 24.3 Å². The van der Waals surface area contributed by atoms with E-state index in [9.17, 15) is 45.6 Å². The first-order valence-electron chi connectivity index (χ1n) is 13.4. The third-order valence-corrected chi connectivity index (χ3v) is 7.14. The average molecular weight is 615 g/mol. The summed E-state index contributed by atoms with van der Waals surface area (Å²) in [7, 11) is 0. The van der Waals surface area contributed by atoms with Gasteiger partial charge in [0.2, 0.25) is 24.1 Å². The molecule has 0 aliphatic carbocycles. The van der Waals surface area contributed by atoms with Crippen molar-refractivity contribution in [2.45, 2.75) is 70.0 Å². The van der Waals surface area contributed by atoms with Gasteiger partial charge in [0.05, 0.1) is 12.7 Å². The fourth-order valence-electron chi connectivity index (χ4n) is 4.43. The van der Waals surface area contributed by atoms with Gasteiger partial charge in [0.15, 0.2) is 23.0 Å². The van der Waals surface area contributed by atoms with Crippen LogP contribution >= 0.6 is 0 Å². The summed E-state index contributed by atoms with van der Waals surface area (Å²) in [6.45, 7) is 4.28. The lowest BCUT2D eigenvalue weighted by atomic mass is 9.86. The Balaban J connectivity index is 0.000000238. The number of aromatic hydroxyl groups is 4. The molecule has 0 radical (unpaired) electrons. The standard InChI is InChI=1S/C16H22O7.C12H16O8/c1-8-13(7-21-10(3)17)23-16(9(2)14(8)19)22-12-6-4-5-11(18)15(12)20;13-4-7-9(16)10(17)11(18)12(20-7)19-6-3-1-2-5(14)8(6)15/h4-6,8-9,13-14,16,18-20H,7H2,1-3H3;1-3,7,9-18H,4H2/t8-,9-,13-,14+,16-;7-,9-,10+,11-,12-/m11/s1. The third kappa shape index (κ3) is 8.08. The van der Waals surface area contributed by atoms with E-state index in [-0.39, 0.29) is 35.7 Å². The summed E-state index contributed by atoms with van der Waals surface area (Å²) in [4.78, 5) is 11.0. The molecule has 2 aliphatic rings. The molecule has 9 N–H and O–H groups in total. The number of carbonyl (C=O) groups is 1. The predicted molar refractivity (Wildman–Crippen MR) is 144 cm³/mol. The van der Waals surface area contributed by atoms with Crippen molar-refractivity contribution in [1.82, 2.24) is 0 Å². The minimum absolute atomic E-state index is 0.00611. The number of carbonyl (C=O) groups excluding carboxylic acids is 1. The molecule has 0 saturated carbocycles. The highest BCUT2D eigenvalue weighted by atomic mass is 16.7. The zero-order valence-corrected chi connectivity index (χ0v) is 23.6. The Labute approximate surface area is 246 Å². The molecule has 2 heterocycles. The predicted octanol–water partition coefficient (Wildman–Crippen LogP) is -0.326. The van der Waals surface area contributed by atoms with Gasteiger partial charge in [-0.2, -0.15) is 0 Å². The molecule has 2 saturated heterocycles. The maximum atomic E-state index is 11.0. The van der Waals surface area contributed by atoms with Crippen LogP contribution in [0.1, 0.15) is 20.8 Å². The summed E-state index contributed by atoms with van der Waals surface area (Å²) in [6.07, 6.45) is -9.30. The Bertz CT molecular complexity index is 1210. The summed E-state index contributed by atoms with van der Waals surface area (Å²) in [5.74, 6) is -2.86. The molecule has 0 spiro atoms. The lowest BCUT2D eigenvalue weighted by Crippen LogP contribution is -2.60. The second kappa shape index (κ2) is 14.7. The number of esters is 1. The van der Waals surface area contributed by atoms with E-state index in [4.69, 9.17) is 28.8 Å². The lowest BCUT2D eigenvalue weighted by molar-refractivity contribution is -0.277. The molecule has 2 aliphatic heterocycles. The summed E-state index contributed by atoms with van der Waals surface area (Å²) >= 11 is 0. The van der Waals surface area contributed by atoms with Crippen molar-refractivity contribution in [1.29, 1.82) is 0 Å². The molecule has 4 rings (SSSR count). The van der Waals surface area contributed by atoms with Crippen LogP contribution in [0.4, 0.5) is 0 Å². The van der Waals surface area contributed by atoms with E-state index < -0.39 is 79.0 Å². The summed E-state index contributed by atoms with van der Waals surface area (Å²) < 4.78 is 26.6. The second-order valence-corrected chi connectivity index (χ2v) is 10.2. The SMILES string of the molecule is CC(=O)OC[C@H]1O[C@@H](Oc2cccc(O)c2O)[C@H](C)[C@@H](O)[C@@H]1C.OC[C@H]1O[C@@H](Oc2cccc(O)c2O)[C@H](O)[C@@H](O)[C@@H]1O. The minimum Gasteiger partial charge on any atom is -0.504 e. The molecule has 240 valence electrons. The first-order valence-corrected chi connectivity index (χ1v) is 13.4. The van der Waals surface area contributed by atoms with Gasteiger partial charge in [-0.15, -0.1) is 0 Å². The highest BCUT2D eigenvalue weighted by molar-refractivity contribution is 5.65. The highest BCUT2D eigenvalue weighted by Gasteiger charge is 2.45. The highest BCUT2D eigenvalue weighted by Crippen LogP contribution is 2.39. The molecule has 15 heteroatoms. The van der Waals surface area contributed by atoms with E-state index in [0.29, 0.717) is 0 Å². The molecule has 0 bridgehead atoms. The van der Waals surface area contributed by atoms with Gasteiger partial charge in [-0.3, -0.25) is 4.79 Å². The van der Waals surface area contributed by atoms with Gasteiger partial charge >= 0.3 is 5.97 Å². The van der Waals surface area contributed by atoms with Crippen molar-refractivity contribution in [2.24, 2.45) is 11.8 Å². The topological polar surface area (TPSA) is 245 Å². The van der Waals surface area contributed by atoms with Crippen LogP contribution in [0.5, 0.6) is 34.5 Å². The lowest BCUT2D eigenvalue weighted by Gasteiger charge is -2.41. The van der Waals surface area contributed by atoms with Gasteiger partial charge in [-0.25, -0.2) is 0 Å². The summed E-state index contributed by atoms with van der Waals surface area (Å²) in [5.41, 5.74) is 0. The Morgan fingerprint density at radius 3 is 1.74 bits per heavy atom. The average Bonchev–Trinajstić information content (AvgIpc) is 2.97. The van der Waals surface area contributed by atoms with Crippen LogP contribution in [0.15, 0.2) is 36.4 Å². The van der Waals surface area contributed by atoms with E-state index in [1.165, 1.54) is 43.3 Å². The Kier molecular flexibility index (Phi) is 11.6. The van der Waals surface area contributed by atoms with E-state index in [1.807, 2.05) is 0 Å². The zero-order chi connectivity index (χ0) is 32.0. The number of aliphatic hydroxyl groups is 5. The van der Waals surface area contributed by atoms with Crippen LogP contribution in [0.3, 0.4) is 0 Å². The number of phenolic OH excluding ortho intramolecular Hbond substituents is 4. The molecule has 2 fully saturated rings. The van der Waals surface area contributed by atoms with Gasteiger partial charge in [0, 0.05) is 18.8 Å². The van der Waals surface area contributed by atoms with Crippen LogP contribution in [0, 0.1) is 11.8 Å². The van der Waals surface area contributed by atoms with Crippen molar-refractivity contribution in [3.05, 3.63) is 36.4 Å². The quantitative estimate of drug-likeness (QED) is 0.143. The van der Waals surface area contributed by atoms with Crippen molar-refractivity contribution >= 4 is 5.97 Å². The van der Waals surface area contributed by atoms with Gasteiger partial charge in [0.1, 0.15) is 37.1 Å². The smallest absolute Gasteiger partial charge is 0.302 e. The molecule has 15 nitrogen and oxygen atoms in total. The zero-order valence-electron chi connectivity index (χ0n) is 23.6. The van der Waals surface area contributed by atoms with Gasteiger partial charge in [-0.1, -0.05) is 26.0 Å². The van der Waals surface area contributed by atoms with E-state index >= 15 is 0 Å². The molecule has 2 aromatic rings. The van der Waals surface area contributed by atoms with E-state index in [2.05, 4.69) is 0 Å². The number of aliphatic hydroxyl groups excluding tert-OH is 5. The maximum absolute atomic E-state index is 11.0. The molecule has 43 heavy (non-hydrogen) atoms. The molecule has 10 atom stereocenters. The number of ether oxygens (including phenoxy) is 5. The molecular formula is C28H38O15. The van der Waals surface area contributed by atoms with Crippen molar-refractivity contribution < 1.29 is 74.4 Å². The van der Waals surface area contributed by atoms with Crippen LogP contribution in [0.2, 0.25) is 0 Å². The van der Waals surface area contributed by atoms with Crippen molar-refractivity contribution in [3.63, 3.8) is 0 Å². The number of para-hydroxylation sites is 2. The van der Waals surface area contributed by atoms with Crippen LogP contribution < -0.4 is 9.47 Å². The molecule has 0 aromatic heterocycles. The van der Waals surface area contributed by atoms with E-state index in [0.717, 1.165) is 0 Å². The Morgan fingerprint density at radius 1 is 0.721 bits per heavy atom. The first kappa shape index (κ1) is 33.9. The fourth-order valence-corrected chi connectivity index (χ4v) is 4.43. The maximum Gasteiger partial charge on any atom is 0.302 e. The fraction of sp³-hybridized carbons (Fsp3) is 0.536. The minimum atomic E-state index is -1.59. The number of hydrogen-bond acceptors (Lipinski definition) is 15. The molecule has 0 amide bonds. The number of benzene rings is 2. The number of hydrogen-bond donors (Lipinski definition) is 9. The molecule has 0 unspecified atom stereocenters. The Hall–Kier alpha value is -3.57. The first-order chi connectivity index (χ1) is 20.3. The summed E-state index contributed by atoms with van der Waals surface area (Å²) in [5, 5.41) is 86.5. The number of rotatable bonds is 7. The van der Waals surface area contributed by atoms with Crippen molar-refractivity contribution in [2.75, 3.05) is 13.2 Å². The molecular weight excluding hydrogens is 576 g/mol. The second-order valence-electron chi connectivity index (χ2n) is 10.2. The monoisotopic (exact) mass is 614 g/mol. The van der Waals surface area contributed by atoms with Crippen LogP contribution in [-0.4, -0.2) is 114 Å². The van der Waals surface area contributed by atoms with Gasteiger partial charge < -0.3 is 69.6 Å². The van der Waals surface area contributed by atoms with Gasteiger partial charge in [0.25, 0.3) is 0 Å². The Morgan fingerprint density at radius 2 is 1.23 bits per heavy atom. The van der Waals surface area contributed by atoms with Crippen LogP contribution in [-0.2, 0) is 19.0 Å². The van der Waals surface area contributed by atoms with E-state index in [1.54, 1.807) is 13.8 Å². The molecule has 2 aromatic carbocycles. The van der Waals surface area contributed by atoms with Crippen molar-refractivity contribution in [3.8, 4) is 34.5 Å².